The van der Waals surface area contributed by atoms with Crippen molar-refractivity contribution in [2.24, 2.45) is 0 Å². The Morgan fingerprint density at radius 2 is 1.67 bits per heavy atom. The van der Waals surface area contributed by atoms with Crippen LogP contribution >= 0.6 is 0 Å². The van der Waals surface area contributed by atoms with Crippen molar-refractivity contribution >= 4 is 23.3 Å². The summed E-state index contributed by atoms with van der Waals surface area (Å²) in [5, 5.41) is 5.58. The maximum absolute atomic E-state index is 12.3. The van der Waals surface area contributed by atoms with E-state index in [0.29, 0.717) is 24.3 Å². The largest absolute Gasteiger partial charge is 0.355 e. The number of hydrogen-bond acceptors (Lipinski definition) is 4. The summed E-state index contributed by atoms with van der Waals surface area (Å²) in [6.07, 6.45) is 1.72. The predicted octanol–water partition coefficient (Wildman–Crippen LogP) is 2.07. The number of amides is 2. The molecule has 24 heavy (non-hydrogen) atoms. The quantitative estimate of drug-likeness (QED) is 0.643. The standard InChI is InChI=1S/C18H27N3O3/c1-4-10-19-17(23)12-21(11-5-2)13-18(24)20-16-9-7-6-8-15(16)14(3)22/h6-9H,4-5,10-13H2,1-3H3,(H,19,23)(H,20,24). The first-order valence-corrected chi connectivity index (χ1v) is 8.36. The topological polar surface area (TPSA) is 78.5 Å². The number of anilines is 1. The molecule has 0 saturated carbocycles. The molecule has 6 heteroatoms. The molecule has 0 bridgehead atoms. The van der Waals surface area contributed by atoms with Crippen LogP contribution in [-0.2, 0) is 9.59 Å². The number of hydrogen-bond donors (Lipinski definition) is 2. The number of carbonyl (C=O) groups excluding carboxylic acids is 3. The molecule has 2 N–H and O–H groups in total. The number of ketones is 1. The molecule has 0 fully saturated rings. The van der Waals surface area contributed by atoms with Gasteiger partial charge in [-0.1, -0.05) is 26.0 Å². The summed E-state index contributed by atoms with van der Waals surface area (Å²) in [6.45, 7) is 7.05. The summed E-state index contributed by atoms with van der Waals surface area (Å²) >= 11 is 0. The smallest absolute Gasteiger partial charge is 0.238 e. The van der Waals surface area contributed by atoms with Crippen LogP contribution in [0.4, 0.5) is 5.69 Å². The monoisotopic (exact) mass is 333 g/mol. The zero-order valence-electron chi connectivity index (χ0n) is 14.7. The third kappa shape index (κ3) is 6.91. The lowest BCUT2D eigenvalue weighted by Gasteiger charge is -2.21. The molecule has 0 radical (unpaired) electrons. The molecule has 132 valence electrons. The average molecular weight is 333 g/mol. The zero-order valence-corrected chi connectivity index (χ0v) is 14.7. The first-order valence-electron chi connectivity index (χ1n) is 8.36. The number of rotatable bonds is 10. The minimum Gasteiger partial charge on any atom is -0.355 e. The van der Waals surface area contributed by atoms with Crippen molar-refractivity contribution in [3.63, 3.8) is 0 Å². The van der Waals surface area contributed by atoms with Gasteiger partial charge in [-0.15, -0.1) is 0 Å². The normalized spacial score (nSPS) is 10.5. The van der Waals surface area contributed by atoms with E-state index in [1.54, 1.807) is 29.2 Å². The van der Waals surface area contributed by atoms with Gasteiger partial charge in [0.2, 0.25) is 11.8 Å². The van der Waals surface area contributed by atoms with Crippen LogP contribution in [0.2, 0.25) is 0 Å². The lowest BCUT2D eigenvalue weighted by atomic mass is 10.1. The van der Waals surface area contributed by atoms with Crippen molar-refractivity contribution in [3.05, 3.63) is 29.8 Å². The molecule has 0 saturated heterocycles. The molecule has 0 aromatic heterocycles. The minimum atomic E-state index is -0.236. The van der Waals surface area contributed by atoms with Gasteiger partial charge in [-0.3, -0.25) is 19.3 Å². The van der Waals surface area contributed by atoms with Crippen LogP contribution in [0, 0.1) is 0 Å². The van der Waals surface area contributed by atoms with Crippen LogP contribution in [0.5, 0.6) is 0 Å². The summed E-state index contributed by atoms with van der Waals surface area (Å²) < 4.78 is 0. The molecule has 1 aromatic carbocycles. The number of nitrogens with one attached hydrogen (secondary N) is 2. The first-order chi connectivity index (χ1) is 11.5. The zero-order chi connectivity index (χ0) is 17.9. The summed E-state index contributed by atoms with van der Waals surface area (Å²) in [4.78, 5) is 37.5. The highest BCUT2D eigenvalue weighted by molar-refractivity contribution is 6.04. The Morgan fingerprint density at radius 1 is 1.00 bits per heavy atom. The Labute approximate surface area is 143 Å². The van der Waals surface area contributed by atoms with Crippen molar-refractivity contribution in [1.82, 2.24) is 10.2 Å². The van der Waals surface area contributed by atoms with Crippen molar-refractivity contribution < 1.29 is 14.4 Å². The van der Waals surface area contributed by atoms with Gasteiger partial charge in [-0.05, 0) is 38.4 Å². The molecule has 0 aliphatic rings. The van der Waals surface area contributed by atoms with Gasteiger partial charge in [-0.25, -0.2) is 0 Å². The van der Waals surface area contributed by atoms with Crippen LogP contribution in [0.15, 0.2) is 24.3 Å². The Hall–Kier alpha value is -2.21. The number of para-hydroxylation sites is 1. The molecular weight excluding hydrogens is 306 g/mol. The Kier molecular flexibility index (Phi) is 8.71. The van der Waals surface area contributed by atoms with E-state index < -0.39 is 0 Å². The lowest BCUT2D eigenvalue weighted by Crippen LogP contribution is -2.41. The average Bonchev–Trinajstić information content (AvgIpc) is 2.53. The fourth-order valence-electron chi connectivity index (χ4n) is 2.35. The maximum Gasteiger partial charge on any atom is 0.238 e. The Morgan fingerprint density at radius 3 is 2.29 bits per heavy atom. The van der Waals surface area contributed by atoms with Crippen molar-refractivity contribution in [3.8, 4) is 0 Å². The summed E-state index contributed by atoms with van der Waals surface area (Å²) in [5.41, 5.74) is 0.982. The van der Waals surface area contributed by atoms with E-state index in [-0.39, 0.29) is 30.7 Å². The van der Waals surface area contributed by atoms with Crippen LogP contribution in [0.25, 0.3) is 0 Å². The van der Waals surface area contributed by atoms with Gasteiger partial charge in [0.25, 0.3) is 0 Å². The Balaban J connectivity index is 2.65. The third-order valence-corrected chi connectivity index (χ3v) is 3.43. The van der Waals surface area contributed by atoms with Crippen LogP contribution < -0.4 is 10.6 Å². The molecule has 0 spiro atoms. The van der Waals surface area contributed by atoms with E-state index in [9.17, 15) is 14.4 Å². The molecule has 0 heterocycles. The molecule has 2 amide bonds. The van der Waals surface area contributed by atoms with Crippen molar-refractivity contribution in [1.29, 1.82) is 0 Å². The first kappa shape index (κ1) is 19.8. The Bertz CT molecular complexity index is 572. The summed E-state index contributed by atoms with van der Waals surface area (Å²) in [6, 6.07) is 6.91. The van der Waals surface area contributed by atoms with Gasteiger partial charge in [-0.2, -0.15) is 0 Å². The van der Waals surface area contributed by atoms with Crippen LogP contribution in [0.1, 0.15) is 44.0 Å². The van der Waals surface area contributed by atoms with E-state index in [4.69, 9.17) is 0 Å². The maximum atomic E-state index is 12.3. The molecular formula is C18H27N3O3. The fraction of sp³-hybridized carbons (Fsp3) is 0.500. The SMILES string of the molecule is CCCNC(=O)CN(CCC)CC(=O)Nc1ccccc1C(C)=O. The second-order valence-corrected chi connectivity index (χ2v) is 5.71. The molecule has 1 aromatic rings. The van der Waals surface area contributed by atoms with E-state index in [0.717, 1.165) is 12.8 Å². The second-order valence-electron chi connectivity index (χ2n) is 5.71. The van der Waals surface area contributed by atoms with Gasteiger partial charge in [0.15, 0.2) is 5.78 Å². The molecule has 0 atom stereocenters. The number of nitrogens with zero attached hydrogens (tertiary/aromatic N) is 1. The number of benzene rings is 1. The van der Waals surface area contributed by atoms with Crippen LogP contribution in [-0.4, -0.2) is 48.7 Å². The van der Waals surface area contributed by atoms with Gasteiger partial charge in [0.1, 0.15) is 0 Å². The molecule has 6 nitrogen and oxygen atoms in total. The molecule has 0 unspecified atom stereocenters. The van der Waals surface area contributed by atoms with E-state index in [2.05, 4.69) is 10.6 Å². The van der Waals surface area contributed by atoms with Gasteiger partial charge >= 0.3 is 0 Å². The third-order valence-electron chi connectivity index (χ3n) is 3.43. The molecule has 1 rings (SSSR count). The predicted molar refractivity (Wildman–Crippen MR) is 95.1 cm³/mol. The second kappa shape index (κ2) is 10.5. The number of Topliss-reactive ketones (excluding diaryl/α,β-unsaturated/α-hetero) is 1. The van der Waals surface area contributed by atoms with E-state index >= 15 is 0 Å². The van der Waals surface area contributed by atoms with E-state index in [1.165, 1.54) is 6.92 Å². The fourth-order valence-corrected chi connectivity index (χ4v) is 2.35. The van der Waals surface area contributed by atoms with Crippen LogP contribution in [0.3, 0.4) is 0 Å². The van der Waals surface area contributed by atoms with Crippen molar-refractivity contribution in [2.75, 3.05) is 31.5 Å². The highest BCUT2D eigenvalue weighted by Gasteiger charge is 2.15. The number of carbonyl (C=O) groups is 3. The van der Waals surface area contributed by atoms with Crippen molar-refractivity contribution in [2.45, 2.75) is 33.6 Å². The summed E-state index contributed by atoms with van der Waals surface area (Å²) in [7, 11) is 0. The lowest BCUT2D eigenvalue weighted by molar-refractivity contribution is -0.123. The minimum absolute atomic E-state index is 0.0813. The van der Waals surface area contributed by atoms with Gasteiger partial charge in [0.05, 0.1) is 18.8 Å². The highest BCUT2D eigenvalue weighted by Crippen LogP contribution is 2.15. The molecule has 0 aliphatic carbocycles. The highest BCUT2D eigenvalue weighted by atomic mass is 16.2. The van der Waals surface area contributed by atoms with Gasteiger partial charge < -0.3 is 10.6 Å². The van der Waals surface area contributed by atoms with E-state index in [1.807, 2.05) is 13.8 Å². The molecule has 0 aliphatic heterocycles. The van der Waals surface area contributed by atoms with Gasteiger partial charge in [0, 0.05) is 12.1 Å². The summed E-state index contributed by atoms with van der Waals surface area (Å²) in [5.74, 6) is -0.419.